The standard InChI is InChI=1S/C64H106O6/c1-4-7-10-13-16-18-20-22-24-26-27-28-29-30-31-32-33-34-35-36-37-38-40-41-43-45-48-51-54-57-63(66)69-60-61(59-68-62(65)56-53-50-47-15-12-9-6-3)70-64(67)58-55-52-49-46-44-42-39-25-23-21-19-17-14-11-8-5-2/h7,10,16,18,22,24-25,27-28,30-31,33-34,36-37,39-41,61H,4-6,8-9,11-15,17,19-21,23,26,29,32,35,38,42-60H2,1-3H3/b10-7-,18-16-,24-22-,28-27-,31-30-,34-33-,37-36-,39-25-,41-40-. The minimum absolute atomic E-state index is 0.0897. The highest BCUT2D eigenvalue weighted by Crippen LogP contribution is 2.14. The number of allylic oxidation sites excluding steroid dienone is 18. The van der Waals surface area contributed by atoms with Gasteiger partial charge >= 0.3 is 17.9 Å². The molecule has 0 saturated carbocycles. The highest BCUT2D eigenvalue weighted by atomic mass is 16.6. The maximum Gasteiger partial charge on any atom is 0.306 e. The number of hydrogen-bond acceptors (Lipinski definition) is 6. The van der Waals surface area contributed by atoms with Gasteiger partial charge in [-0.2, -0.15) is 0 Å². The van der Waals surface area contributed by atoms with E-state index in [1.807, 2.05) is 0 Å². The molecule has 0 aliphatic rings. The van der Waals surface area contributed by atoms with Crippen molar-refractivity contribution in [2.45, 2.75) is 264 Å². The van der Waals surface area contributed by atoms with Crippen LogP contribution in [0.1, 0.15) is 258 Å². The van der Waals surface area contributed by atoms with E-state index in [0.717, 1.165) is 135 Å². The van der Waals surface area contributed by atoms with Crippen molar-refractivity contribution in [3.63, 3.8) is 0 Å². The molecule has 70 heavy (non-hydrogen) atoms. The fraction of sp³-hybridized carbons (Fsp3) is 0.672. The number of unbranched alkanes of at least 4 members (excludes halogenated alkanes) is 22. The van der Waals surface area contributed by atoms with Gasteiger partial charge in [-0.1, -0.05) is 239 Å². The molecular formula is C64H106O6. The molecule has 0 radical (unpaired) electrons. The molecule has 0 N–H and O–H groups in total. The Morgan fingerprint density at radius 1 is 0.300 bits per heavy atom. The van der Waals surface area contributed by atoms with Crippen LogP contribution in [0.4, 0.5) is 0 Å². The predicted octanol–water partition coefficient (Wildman–Crippen LogP) is 19.5. The van der Waals surface area contributed by atoms with Gasteiger partial charge in [0.25, 0.3) is 0 Å². The molecule has 0 spiro atoms. The molecule has 0 aromatic heterocycles. The van der Waals surface area contributed by atoms with Crippen LogP contribution in [0.5, 0.6) is 0 Å². The molecule has 6 heteroatoms. The summed E-state index contributed by atoms with van der Waals surface area (Å²) in [7, 11) is 0. The zero-order valence-electron chi connectivity index (χ0n) is 45.5. The maximum atomic E-state index is 12.8. The minimum Gasteiger partial charge on any atom is -0.462 e. The van der Waals surface area contributed by atoms with Crippen LogP contribution in [0.3, 0.4) is 0 Å². The van der Waals surface area contributed by atoms with Crippen LogP contribution in [-0.4, -0.2) is 37.2 Å². The summed E-state index contributed by atoms with van der Waals surface area (Å²) < 4.78 is 16.7. The largest absolute Gasteiger partial charge is 0.462 e. The van der Waals surface area contributed by atoms with Gasteiger partial charge < -0.3 is 14.2 Å². The van der Waals surface area contributed by atoms with E-state index in [0.29, 0.717) is 19.3 Å². The first kappa shape index (κ1) is 66.1. The third-order valence-corrected chi connectivity index (χ3v) is 12.0. The number of ether oxygens (including phenoxy) is 3. The zero-order chi connectivity index (χ0) is 50.7. The van der Waals surface area contributed by atoms with E-state index in [1.165, 1.54) is 83.5 Å². The molecule has 0 aromatic rings. The van der Waals surface area contributed by atoms with E-state index in [-0.39, 0.29) is 31.1 Å². The fourth-order valence-corrected chi connectivity index (χ4v) is 7.69. The van der Waals surface area contributed by atoms with E-state index < -0.39 is 6.10 Å². The minimum atomic E-state index is -0.791. The van der Waals surface area contributed by atoms with Crippen LogP contribution in [0.15, 0.2) is 109 Å². The van der Waals surface area contributed by atoms with Crippen molar-refractivity contribution in [3.05, 3.63) is 109 Å². The molecule has 0 fully saturated rings. The average Bonchev–Trinajstić information content (AvgIpc) is 3.36. The molecule has 0 saturated heterocycles. The Balaban J connectivity index is 4.26. The summed E-state index contributed by atoms with van der Waals surface area (Å²) in [6.45, 7) is 6.45. The molecule has 398 valence electrons. The summed E-state index contributed by atoms with van der Waals surface area (Å²) in [5.41, 5.74) is 0. The van der Waals surface area contributed by atoms with E-state index in [2.05, 4.69) is 130 Å². The Kier molecular flexibility index (Phi) is 54.4. The number of hydrogen-bond donors (Lipinski definition) is 0. The second-order valence-electron chi connectivity index (χ2n) is 18.8. The second-order valence-corrected chi connectivity index (χ2v) is 18.8. The molecule has 1 atom stereocenters. The Labute approximate surface area is 431 Å². The van der Waals surface area contributed by atoms with E-state index in [4.69, 9.17) is 14.2 Å². The summed E-state index contributed by atoms with van der Waals surface area (Å²) in [4.78, 5) is 37.9. The van der Waals surface area contributed by atoms with Crippen molar-refractivity contribution in [1.29, 1.82) is 0 Å². The van der Waals surface area contributed by atoms with Crippen LogP contribution in [0, 0.1) is 0 Å². The van der Waals surface area contributed by atoms with Crippen LogP contribution in [0.2, 0.25) is 0 Å². The summed E-state index contributed by atoms with van der Waals surface area (Å²) in [6.07, 6.45) is 78.2. The SMILES string of the molecule is CC/C=C\C/C=C\C/C=C\C/C=C\C/C=C\C/C=C\C/C=C\C/C=C\CCCCCCC(=O)OCC(COC(=O)CCCCCCCCC)OC(=O)CCCCCCC/C=C\CCCCCCCCC. The van der Waals surface area contributed by atoms with Crippen molar-refractivity contribution in [1.82, 2.24) is 0 Å². The number of carbonyl (C=O) groups is 3. The number of carbonyl (C=O) groups excluding carboxylic acids is 3. The lowest BCUT2D eigenvalue weighted by Gasteiger charge is -2.18. The van der Waals surface area contributed by atoms with Crippen LogP contribution >= 0.6 is 0 Å². The molecular weight excluding hydrogens is 865 g/mol. The van der Waals surface area contributed by atoms with Gasteiger partial charge in [0.1, 0.15) is 13.2 Å². The Hall–Kier alpha value is -3.93. The molecule has 0 aliphatic carbocycles. The van der Waals surface area contributed by atoms with Gasteiger partial charge in [0, 0.05) is 19.3 Å². The second kappa shape index (κ2) is 57.6. The van der Waals surface area contributed by atoms with Gasteiger partial charge in [0.2, 0.25) is 0 Å². The predicted molar refractivity (Wildman–Crippen MR) is 302 cm³/mol. The van der Waals surface area contributed by atoms with Crippen LogP contribution in [-0.2, 0) is 28.6 Å². The Morgan fingerprint density at radius 3 is 0.886 bits per heavy atom. The van der Waals surface area contributed by atoms with Crippen LogP contribution in [0.25, 0.3) is 0 Å². The lowest BCUT2D eigenvalue weighted by Crippen LogP contribution is -2.30. The monoisotopic (exact) mass is 971 g/mol. The molecule has 0 aromatic carbocycles. The Morgan fingerprint density at radius 2 is 0.557 bits per heavy atom. The van der Waals surface area contributed by atoms with Gasteiger partial charge in [0.05, 0.1) is 0 Å². The van der Waals surface area contributed by atoms with Gasteiger partial charge in [-0.05, 0) is 109 Å². The lowest BCUT2D eigenvalue weighted by molar-refractivity contribution is -0.167. The van der Waals surface area contributed by atoms with Gasteiger partial charge in [0.15, 0.2) is 6.10 Å². The summed E-state index contributed by atoms with van der Waals surface area (Å²) in [6, 6.07) is 0. The van der Waals surface area contributed by atoms with Crippen molar-refractivity contribution in [3.8, 4) is 0 Å². The Bertz CT molecular complexity index is 1440. The first-order valence-electron chi connectivity index (χ1n) is 28.9. The summed E-state index contributed by atoms with van der Waals surface area (Å²) >= 11 is 0. The quantitative estimate of drug-likeness (QED) is 0.0262. The van der Waals surface area contributed by atoms with Crippen molar-refractivity contribution < 1.29 is 28.6 Å². The van der Waals surface area contributed by atoms with Gasteiger partial charge in [-0.3, -0.25) is 14.4 Å². The molecule has 0 amide bonds. The van der Waals surface area contributed by atoms with E-state index >= 15 is 0 Å². The highest BCUT2D eigenvalue weighted by Gasteiger charge is 2.19. The molecule has 0 bridgehead atoms. The van der Waals surface area contributed by atoms with E-state index in [1.54, 1.807) is 0 Å². The highest BCUT2D eigenvalue weighted by molar-refractivity contribution is 5.71. The summed E-state index contributed by atoms with van der Waals surface area (Å²) in [5.74, 6) is -0.931. The summed E-state index contributed by atoms with van der Waals surface area (Å²) in [5, 5.41) is 0. The average molecular weight is 972 g/mol. The van der Waals surface area contributed by atoms with Crippen molar-refractivity contribution >= 4 is 17.9 Å². The lowest BCUT2D eigenvalue weighted by atomic mass is 10.1. The van der Waals surface area contributed by atoms with Crippen LogP contribution < -0.4 is 0 Å². The third-order valence-electron chi connectivity index (χ3n) is 12.0. The van der Waals surface area contributed by atoms with Gasteiger partial charge in [-0.15, -0.1) is 0 Å². The smallest absolute Gasteiger partial charge is 0.306 e. The number of rotatable bonds is 51. The topological polar surface area (TPSA) is 78.9 Å². The van der Waals surface area contributed by atoms with Gasteiger partial charge in [-0.25, -0.2) is 0 Å². The fourth-order valence-electron chi connectivity index (χ4n) is 7.69. The molecule has 1 unspecified atom stereocenters. The molecule has 0 aliphatic heterocycles. The first-order valence-corrected chi connectivity index (χ1v) is 28.9. The van der Waals surface area contributed by atoms with Crippen molar-refractivity contribution in [2.24, 2.45) is 0 Å². The van der Waals surface area contributed by atoms with Crippen molar-refractivity contribution in [2.75, 3.05) is 13.2 Å². The molecule has 0 heterocycles. The maximum absolute atomic E-state index is 12.8. The number of esters is 3. The first-order chi connectivity index (χ1) is 34.5. The van der Waals surface area contributed by atoms with E-state index in [9.17, 15) is 14.4 Å². The molecule has 6 nitrogen and oxygen atoms in total. The normalized spacial score (nSPS) is 12.9. The molecule has 0 rings (SSSR count). The third kappa shape index (κ3) is 55.0. The zero-order valence-corrected chi connectivity index (χ0v) is 45.5.